The topological polar surface area (TPSA) is 67.2 Å². The van der Waals surface area contributed by atoms with Crippen molar-refractivity contribution in [2.75, 3.05) is 5.75 Å². The third-order valence-electron chi connectivity index (χ3n) is 3.87. The molecular formula is C20H16N4OS4. The first-order valence-corrected chi connectivity index (χ1v) is 12.4. The molecule has 0 saturated heterocycles. The summed E-state index contributed by atoms with van der Waals surface area (Å²) < 4.78 is 1.68. The highest BCUT2D eigenvalue weighted by atomic mass is 32.2. The van der Waals surface area contributed by atoms with Gasteiger partial charge in [-0.3, -0.25) is 4.79 Å². The molecule has 9 heteroatoms. The molecule has 1 amide bonds. The number of benzene rings is 2. The number of hydrogen-bond acceptors (Lipinski definition) is 8. The number of nitrogens with zero attached hydrogens (tertiary/aromatic N) is 3. The van der Waals surface area contributed by atoms with Crippen LogP contribution < -0.4 is 5.43 Å². The van der Waals surface area contributed by atoms with Crippen LogP contribution in [0.5, 0.6) is 0 Å². The van der Waals surface area contributed by atoms with Gasteiger partial charge in [0.2, 0.25) is 0 Å². The molecule has 0 radical (unpaired) electrons. The molecule has 29 heavy (non-hydrogen) atoms. The molecule has 2 aromatic carbocycles. The molecule has 0 aliphatic carbocycles. The summed E-state index contributed by atoms with van der Waals surface area (Å²) in [7, 11) is 0. The summed E-state index contributed by atoms with van der Waals surface area (Å²) >= 11 is 6.11. The highest BCUT2D eigenvalue weighted by Gasteiger charge is 2.09. The van der Waals surface area contributed by atoms with E-state index >= 15 is 0 Å². The summed E-state index contributed by atoms with van der Waals surface area (Å²) in [5, 5.41) is 16.8. The Balaban J connectivity index is 1.26. The summed E-state index contributed by atoms with van der Waals surface area (Å²) in [5.41, 5.74) is 3.81. The van der Waals surface area contributed by atoms with Crippen molar-refractivity contribution in [2.45, 2.75) is 14.4 Å². The van der Waals surface area contributed by atoms with Crippen LogP contribution in [0.1, 0.15) is 10.4 Å². The van der Waals surface area contributed by atoms with Crippen molar-refractivity contribution in [3.05, 3.63) is 70.4 Å². The second kappa shape index (κ2) is 10.0. The fourth-order valence-electron chi connectivity index (χ4n) is 2.56. The summed E-state index contributed by atoms with van der Waals surface area (Å²) in [6.07, 6.45) is 1.64. The first-order valence-electron chi connectivity index (χ1n) is 8.69. The smallest absolute Gasteiger partial charge is 0.250 e. The lowest BCUT2D eigenvalue weighted by atomic mass is 10.1. The number of thiophene rings is 1. The maximum absolute atomic E-state index is 11.9. The van der Waals surface area contributed by atoms with Gasteiger partial charge < -0.3 is 0 Å². The van der Waals surface area contributed by atoms with Crippen LogP contribution in [0.3, 0.4) is 0 Å². The molecule has 0 fully saturated rings. The molecule has 0 atom stereocenters. The van der Waals surface area contributed by atoms with Crippen LogP contribution in [0.15, 0.2) is 73.8 Å². The minimum atomic E-state index is -0.164. The zero-order valence-corrected chi connectivity index (χ0v) is 18.4. The minimum Gasteiger partial charge on any atom is -0.272 e. The van der Waals surface area contributed by atoms with E-state index in [0.717, 1.165) is 19.3 Å². The maximum Gasteiger partial charge on any atom is 0.250 e. The van der Waals surface area contributed by atoms with Crippen molar-refractivity contribution >= 4 is 69.1 Å². The van der Waals surface area contributed by atoms with Gasteiger partial charge in [0, 0.05) is 10.6 Å². The van der Waals surface area contributed by atoms with Crippen molar-refractivity contribution in [1.29, 1.82) is 0 Å². The highest BCUT2D eigenvalue weighted by Crippen LogP contribution is 2.32. The van der Waals surface area contributed by atoms with E-state index in [-0.39, 0.29) is 11.7 Å². The Morgan fingerprint density at radius 3 is 2.72 bits per heavy atom. The molecule has 146 valence electrons. The summed E-state index contributed by atoms with van der Waals surface area (Å²) in [4.78, 5) is 12.9. The Hall–Kier alpha value is -2.20. The average Bonchev–Trinajstić information content (AvgIpc) is 3.43. The molecule has 5 nitrogen and oxygen atoms in total. The number of rotatable bonds is 8. The van der Waals surface area contributed by atoms with E-state index in [2.05, 4.69) is 63.2 Å². The number of fused-ring (bicyclic) bond motifs is 1. The molecule has 0 bridgehead atoms. The van der Waals surface area contributed by atoms with Crippen LogP contribution in [-0.2, 0) is 10.5 Å². The second-order valence-electron chi connectivity index (χ2n) is 5.86. The second-order valence-corrected chi connectivity index (χ2v) is 10.3. The van der Waals surface area contributed by atoms with Gasteiger partial charge in [-0.2, -0.15) is 5.10 Å². The number of nitrogens with one attached hydrogen (secondary N) is 1. The standard InChI is InChI=1S/C20H16N4OS4/c25-18(22-21-11-16-8-4-10-26-16)13-28-20-24-23-19(29-20)27-12-15-7-3-6-14-5-1-2-9-17(14)15/h1-11H,12-13H2,(H,22,25). The van der Waals surface area contributed by atoms with Crippen LogP contribution >= 0.6 is 46.2 Å². The third-order valence-corrected chi connectivity index (χ3v) is 7.92. The van der Waals surface area contributed by atoms with E-state index in [1.54, 1.807) is 29.3 Å². The summed E-state index contributed by atoms with van der Waals surface area (Å²) in [5.74, 6) is 0.922. The lowest BCUT2D eigenvalue weighted by Gasteiger charge is -2.04. The first kappa shape index (κ1) is 20.1. The van der Waals surface area contributed by atoms with E-state index in [9.17, 15) is 4.79 Å². The van der Waals surface area contributed by atoms with Crippen molar-refractivity contribution in [3.63, 3.8) is 0 Å². The van der Waals surface area contributed by atoms with Crippen molar-refractivity contribution in [2.24, 2.45) is 5.10 Å². The van der Waals surface area contributed by atoms with Crippen molar-refractivity contribution in [1.82, 2.24) is 15.6 Å². The Bertz CT molecular complexity index is 1120. The number of carbonyl (C=O) groups excluding carboxylic acids is 1. The highest BCUT2D eigenvalue weighted by molar-refractivity contribution is 8.03. The number of hydrazone groups is 1. The number of carbonyl (C=O) groups is 1. The molecule has 0 spiro atoms. The normalized spacial score (nSPS) is 11.3. The van der Waals surface area contributed by atoms with Crippen LogP contribution in [-0.4, -0.2) is 28.1 Å². The van der Waals surface area contributed by atoms with Gasteiger partial charge in [0.1, 0.15) is 0 Å². The Morgan fingerprint density at radius 1 is 1.03 bits per heavy atom. The van der Waals surface area contributed by atoms with Crippen LogP contribution in [0.2, 0.25) is 0 Å². The Morgan fingerprint density at radius 2 is 1.86 bits per heavy atom. The van der Waals surface area contributed by atoms with Gasteiger partial charge in [-0.1, -0.05) is 83.4 Å². The Kier molecular flexibility index (Phi) is 6.94. The van der Waals surface area contributed by atoms with E-state index < -0.39 is 0 Å². The van der Waals surface area contributed by atoms with Gasteiger partial charge in [-0.15, -0.1) is 21.5 Å². The average molecular weight is 457 g/mol. The zero-order chi connectivity index (χ0) is 19.9. The number of amides is 1. The monoisotopic (exact) mass is 456 g/mol. The molecular weight excluding hydrogens is 441 g/mol. The summed E-state index contributed by atoms with van der Waals surface area (Å²) in [6, 6.07) is 18.6. The van der Waals surface area contributed by atoms with Gasteiger partial charge in [0.25, 0.3) is 5.91 Å². The minimum absolute atomic E-state index is 0.164. The van der Waals surface area contributed by atoms with Gasteiger partial charge in [-0.05, 0) is 27.8 Å². The fourth-order valence-corrected chi connectivity index (χ4v) is 5.97. The van der Waals surface area contributed by atoms with E-state index in [4.69, 9.17) is 0 Å². The van der Waals surface area contributed by atoms with Crippen LogP contribution in [0, 0.1) is 0 Å². The van der Waals surface area contributed by atoms with Crippen LogP contribution in [0.25, 0.3) is 10.8 Å². The van der Waals surface area contributed by atoms with Crippen molar-refractivity contribution < 1.29 is 4.79 Å². The quantitative estimate of drug-likeness (QED) is 0.222. The SMILES string of the molecule is O=C(CSc1nnc(SCc2cccc3ccccc23)s1)NN=Cc1cccs1. The molecule has 0 unspecified atom stereocenters. The lowest BCUT2D eigenvalue weighted by Crippen LogP contribution is -2.19. The predicted molar refractivity (Wildman–Crippen MR) is 124 cm³/mol. The molecule has 2 heterocycles. The van der Waals surface area contributed by atoms with Gasteiger partial charge in [-0.25, -0.2) is 5.43 Å². The van der Waals surface area contributed by atoms with Crippen molar-refractivity contribution in [3.8, 4) is 0 Å². The predicted octanol–water partition coefficient (Wildman–Crippen LogP) is 5.29. The number of thioether (sulfide) groups is 2. The first-order chi connectivity index (χ1) is 14.3. The third kappa shape index (κ3) is 5.66. The zero-order valence-electron chi connectivity index (χ0n) is 15.1. The largest absolute Gasteiger partial charge is 0.272 e. The fraction of sp³-hybridized carbons (Fsp3) is 0.100. The molecule has 4 aromatic rings. The number of aromatic nitrogens is 2. The molecule has 0 aliphatic rings. The van der Waals surface area contributed by atoms with Crippen LogP contribution in [0.4, 0.5) is 0 Å². The maximum atomic E-state index is 11.9. The van der Waals surface area contributed by atoms with E-state index in [1.807, 2.05) is 17.5 Å². The van der Waals surface area contributed by atoms with E-state index in [1.165, 1.54) is 39.4 Å². The molecule has 2 aromatic heterocycles. The van der Waals surface area contributed by atoms with Gasteiger partial charge in [0.15, 0.2) is 8.68 Å². The molecule has 4 rings (SSSR count). The molecule has 0 saturated carbocycles. The van der Waals surface area contributed by atoms with Gasteiger partial charge >= 0.3 is 0 Å². The number of hydrogen-bond donors (Lipinski definition) is 1. The molecule has 0 aliphatic heterocycles. The van der Waals surface area contributed by atoms with Gasteiger partial charge in [0.05, 0.1) is 12.0 Å². The summed E-state index contributed by atoms with van der Waals surface area (Å²) in [6.45, 7) is 0. The lowest BCUT2D eigenvalue weighted by molar-refractivity contribution is -0.118. The van der Waals surface area contributed by atoms with E-state index in [0.29, 0.717) is 0 Å². The molecule has 1 N–H and O–H groups in total. The Labute approximate surface area is 184 Å².